The van der Waals surface area contributed by atoms with E-state index in [2.05, 4.69) is 17.1 Å². The van der Waals surface area contributed by atoms with Crippen molar-refractivity contribution in [3.63, 3.8) is 0 Å². The normalized spacial score (nSPS) is 13.7. The van der Waals surface area contributed by atoms with Gasteiger partial charge in [0, 0.05) is 24.3 Å². The Hall–Kier alpha value is -5.21. The molecule has 8 nitrogen and oxygen atoms in total. The van der Waals surface area contributed by atoms with Crippen molar-refractivity contribution >= 4 is 35.2 Å². The summed E-state index contributed by atoms with van der Waals surface area (Å²) >= 11 is 0. The third-order valence-electron chi connectivity index (χ3n) is 5.81. The van der Waals surface area contributed by atoms with Gasteiger partial charge in [0.1, 0.15) is 11.5 Å². The minimum absolute atomic E-state index is 0.128. The lowest BCUT2D eigenvalue weighted by molar-refractivity contribution is -0.113. The topological polar surface area (TPSA) is 121 Å². The lowest BCUT2D eigenvalue weighted by Crippen LogP contribution is -2.32. The van der Waals surface area contributed by atoms with Crippen LogP contribution in [0.25, 0.3) is 6.08 Å². The quantitative estimate of drug-likeness (QED) is 0.429. The molecule has 3 aromatic rings. The zero-order valence-corrected chi connectivity index (χ0v) is 19.9. The molecule has 37 heavy (non-hydrogen) atoms. The molecule has 0 spiro atoms. The Morgan fingerprint density at radius 2 is 1.54 bits per heavy atom. The first-order chi connectivity index (χ1) is 18.0. The van der Waals surface area contributed by atoms with E-state index in [1.54, 1.807) is 18.2 Å². The van der Waals surface area contributed by atoms with Gasteiger partial charge in [-0.25, -0.2) is 9.79 Å². The van der Waals surface area contributed by atoms with E-state index in [9.17, 15) is 14.7 Å². The fraction of sp³-hybridized carbons (Fsp3) is 0.138. The van der Waals surface area contributed by atoms with E-state index in [4.69, 9.17) is 10.5 Å². The second-order valence-electron chi connectivity index (χ2n) is 8.22. The monoisotopic (exact) mass is 489 g/mol. The zero-order chi connectivity index (χ0) is 26.2. The Balaban J connectivity index is 1.66. The Kier molecular flexibility index (Phi) is 7.72. The highest BCUT2D eigenvalue weighted by molar-refractivity contribution is 6.33. The van der Waals surface area contributed by atoms with Gasteiger partial charge in [-0.15, -0.1) is 0 Å². The number of hydrogen-bond acceptors (Lipinski definition) is 6. The lowest BCUT2D eigenvalue weighted by atomic mass is 10.1. The van der Waals surface area contributed by atoms with Crippen molar-refractivity contribution in [2.45, 2.75) is 12.8 Å². The minimum atomic E-state index is -1.04. The molecule has 4 rings (SSSR count). The Bertz CT molecular complexity index is 1410. The number of carboxylic acids is 1. The van der Waals surface area contributed by atoms with E-state index in [1.807, 2.05) is 59.5 Å². The van der Waals surface area contributed by atoms with Gasteiger partial charge in [-0.05, 0) is 48.0 Å². The number of carbonyl (C=O) groups excluding carboxylic acids is 1. The molecule has 182 valence electrons. The first-order valence-electron chi connectivity index (χ1n) is 11.6. The van der Waals surface area contributed by atoms with E-state index >= 15 is 0 Å². The number of nitrogens with zero attached hydrogens (tertiary/aromatic N) is 5. The predicted octanol–water partition coefficient (Wildman–Crippen LogP) is 4.85. The molecule has 0 fully saturated rings. The number of hydrogen-bond donors (Lipinski definition) is 1. The molecule has 0 aliphatic carbocycles. The molecule has 0 saturated heterocycles. The summed E-state index contributed by atoms with van der Waals surface area (Å²) in [4.78, 5) is 32.9. The summed E-state index contributed by atoms with van der Waals surface area (Å²) < 4.78 is 0. The lowest BCUT2D eigenvalue weighted by Gasteiger charge is -2.22. The second kappa shape index (κ2) is 11.5. The van der Waals surface area contributed by atoms with Gasteiger partial charge in [0.05, 0.1) is 36.2 Å². The molecule has 1 aliphatic heterocycles. The van der Waals surface area contributed by atoms with Crippen molar-refractivity contribution in [2.24, 2.45) is 4.99 Å². The Labute approximate surface area is 214 Å². The smallest absolute Gasteiger partial charge is 0.335 e. The summed E-state index contributed by atoms with van der Waals surface area (Å²) in [6, 6.07) is 27.2. The number of benzene rings is 3. The van der Waals surface area contributed by atoms with E-state index in [-0.39, 0.29) is 17.2 Å². The van der Waals surface area contributed by atoms with Crippen LogP contribution in [0.1, 0.15) is 34.3 Å². The van der Waals surface area contributed by atoms with Crippen molar-refractivity contribution in [1.82, 2.24) is 0 Å². The van der Waals surface area contributed by atoms with Gasteiger partial charge in [0.25, 0.3) is 5.91 Å². The fourth-order valence-electron chi connectivity index (χ4n) is 3.97. The molecule has 1 heterocycles. The molecule has 0 saturated carbocycles. The maximum Gasteiger partial charge on any atom is 0.335 e. The van der Waals surface area contributed by atoms with Gasteiger partial charge in [-0.2, -0.15) is 10.5 Å². The number of amides is 1. The SMILES string of the molecule is N#CCCN(CCC#N)c1ccc(/C=C2\N=C(c3ccccc3)N(c3ccc(C(=O)O)cc3)C2=O)cc1. The maximum absolute atomic E-state index is 13.5. The van der Waals surface area contributed by atoms with E-state index in [1.165, 1.54) is 17.0 Å². The molecule has 0 atom stereocenters. The van der Waals surface area contributed by atoms with Crippen LogP contribution >= 0.6 is 0 Å². The number of carboxylic acid groups (broad SMARTS) is 1. The molecule has 8 heteroatoms. The summed E-state index contributed by atoms with van der Waals surface area (Å²) in [6.45, 7) is 1.05. The summed E-state index contributed by atoms with van der Waals surface area (Å²) in [5, 5.41) is 27.1. The van der Waals surface area contributed by atoms with Crippen molar-refractivity contribution < 1.29 is 14.7 Å². The van der Waals surface area contributed by atoms with E-state index in [0.29, 0.717) is 37.5 Å². The molecule has 0 unspecified atom stereocenters. The van der Waals surface area contributed by atoms with Crippen LogP contribution in [-0.4, -0.2) is 35.9 Å². The summed E-state index contributed by atoms with van der Waals surface area (Å²) in [5.41, 5.74) is 3.30. The summed E-state index contributed by atoms with van der Waals surface area (Å²) in [5.74, 6) is -0.912. The van der Waals surface area contributed by atoms with Crippen LogP contribution in [0.4, 0.5) is 11.4 Å². The van der Waals surface area contributed by atoms with Crippen LogP contribution in [0, 0.1) is 22.7 Å². The average Bonchev–Trinajstić information content (AvgIpc) is 3.25. The third kappa shape index (κ3) is 5.72. The van der Waals surface area contributed by atoms with Gasteiger partial charge in [-0.1, -0.05) is 42.5 Å². The first kappa shape index (κ1) is 24.9. The van der Waals surface area contributed by atoms with Gasteiger partial charge in [0.15, 0.2) is 0 Å². The molecule has 1 aliphatic rings. The minimum Gasteiger partial charge on any atom is -0.478 e. The van der Waals surface area contributed by atoms with Crippen LogP contribution in [0.3, 0.4) is 0 Å². The van der Waals surface area contributed by atoms with E-state index in [0.717, 1.165) is 16.8 Å². The maximum atomic E-state index is 13.5. The van der Waals surface area contributed by atoms with Crippen molar-refractivity contribution in [3.05, 3.63) is 101 Å². The van der Waals surface area contributed by atoms with E-state index < -0.39 is 5.97 Å². The zero-order valence-electron chi connectivity index (χ0n) is 19.9. The van der Waals surface area contributed by atoms with Gasteiger partial charge in [-0.3, -0.25) is 9.69 Å². The van der Waals surface area contributed by atoms with Crippen molar-refractivity contribution in [2.75, 3.05) is 22.9 Å². The highest BCUT2D eigenvalue weighted by Gasteiger charge is 2.32. The number of aliphatic imine (C=N–C) groups is 1. The van der Waals surface area contributed by atoms with Gasteiger partial charge in [0.2, 0.25) is 0 Å². The van der Waals surface area contributed by atoms with Gasteiger partial charge < -0.3 is 10.0 Å². The number of carbonyl (C=O) groups is 2. The van der Waals surface area contributed by atoms with Gasteiger partial charge >= 0.3 is 5.97 Å². The van der Waals surface area contributed by atoms with Crippen LogP contribution in [0.15, 0.2) is 89.6 Å². The van der Waals surface area contributed by atoms with Crippen LogP contribution < -0.4 is 9.80 Å². The predicted molar refractivity (Wildman–Crippen MR) is 141 cm³/mol. The number of rotatable bonds is 9. The summed E-state index contributed by atoms with van der Waals surface area (Å²) in [7, 11) is 0. The number of nitriles is 2. The molecule has 3 aromatic carbocycles. The largest absolute Gasteiger partial charge is 0.478 e. The standard InChI is InChI=1S/C29H23N5O3/c30-16-4-18-33(19-5-17-31)24-12-8-21(9-13-24)20-26-28(35)34(25-14-10-23(11-15-25)29(36)37)27(32-26)22-6-2-1-3-7-22/h1-3,6-15,20H,4-5,18-19H2,(H,36,37)/b26-20-. The molecular formula is C29H23N5O3. The molecule has 0 bridgehead atoms. The van der Waals surface area contributed by atoms with Crippen LogP contribution in [0.2, 0.25) is 0 Å². The Morgan fingerprint density at radius 1 is 0.919 bits per heavy atom. The highest BCUT2D eigenvalue weighted by Crippen LogP contribution is 2.28. The third-order valence-corrected chi connectivity index (χ3v) is 5.81. The van der Waals surface area contributed by atoms with Crippen molar-refractivity contribution in [1.29, 1.82) is 10.5 Å². The van der Waals surface area contributed by atoms with Crippen LogP contribution in [0.5, 0.6) is 0 Å². The second-order valence-corrected chi connectivity index (χ2v) is 8.22. The van der Waals surface area contributed by atoms with Crippen LogP contribution in [-0.2, 0) is 4.79 Å². The number of anilines is 2. The number of aromatic carboxylic acids is 1. The first-order valence-corrected chi connectivity index (χ1v) is 11.6. The molecule has 0 radical (unpaired) electrons. The van der Waals surface area contributed by atoms with Crippen molar-refractivity contribution in [3.8, 4) is 12.1 Å². The molecule has 1 N–H and O–H groups in total. The summed E-state index contributed by atoms with van der Waals surface area (Å²) in [6.07, 6.45) is 2.41. The highest BCUT2D eigenvalue weighted by atomic mass is 16.4. The fourth-order valence-corrected chi connectivity index (χ4v) is 3.97. The molecular weight excluding hydrogens is 466 g/mol. The molecule has 1 amide bonds. The average molecular weight is 490 g/mol. The molecule has 0 aromatic heterocycles. The number of amidine groups is 1. The Morgan fingerprint density at radius 3 is 2.11 bits per heavy atom.